The van der Waals surface area contributed by atoms with Gasteiger partial charge >= 0.3 is 0 Å². The first-order valence-electron chi connectivity index (χ1n) is 10.1. The van der Waals surface area contributed by atoms with E-state index < -0.39 is 0 Å². The molecule has 1 aromatic heterocycles. The molecule has 6 nitrogen and oxygen atoms in total. The summed E-state index contributed by atoms with van der Waals surface area (Å²) < 4.78 is 7.88. The van der Waals surface area contributed by atoms with Gasteiger partial charge in [-0.05, 0) is 23.9 Å². The predicted octanol–water partition coefficient (Wildman–Crippen LogP) is 4.52. The van der Waals surface area contributed by atoms with E-state index in [0.717, 1.165) is 22.1 Å². The fourth-order valence-electron chi connectivity index (χ4n) is 3.30. The molecule has 158 valence electrons. The van der Waals surface area contributed by atoms with Gasteiger partial charge in [-0.1, -0.05) is 78.5 Å². The molecule has 0 fully saturated rings. The molecule has 4 aromatic rings. The van der Waals surface area contributed by atoms with E-state index in [9.17, 15) is 4.79 Å². The lowest BCUT2D eigenvalue weighted by Crippen LogP contribution is -2.28. The third-order valence-corrected chi connectivity index (χ3v) is 6.06. The zero-order valence-corrected chi connectivity index (χ0v) is 18.3. The van der Waals surface area contributed by atoms with Gasteiger partial charge in [-0.2, -0.15) is 0 Å². The first kappa shape index (κ1) is 20.9. The van der Waals surface area contributed by atoms with Gasteiger partial charge in [0.15, 0.2) is 11.0 Å². The number of thioether (sulfide) groups is 1. The summed E-state index contributed by atoms with van der Waals surface area (Å²) in [6.07, 6.45) is 0. The number of aromatic nitrogens is 3. The van der Waals surface area contributed by atoms with Crippen molar-refractivity contribution in [2.24, 2.45) is 7.05 Å². The van der Waals surface area contributed by atoms with Gasteiger partial charge in [0.05, 0.1) is 11.8 Å². The minimum atomic E-state index is -0.0436. The number of ether oxygens (including phenoxy) is 1. The van der Waals surface area contributed by atoms with Crippen LogP contribution in [0.25, 0.3) is 10.8 Å². The van der Waals surface area contributed by atoms with Crippen molar-refractivity contribution in [3.63, 3.8) is 0 Å². The number of fused-ring (bicyclic) bond motifs is 1. The molecular formula is C24H24N4O2S. The van der Waals surface area contributed by atoms with E-state index >= 15 is 0 Å². The van der Waals surface area contributed by atoms with Crippen LogP contribution in [-0.2, 0) is 18.4 Å². The maximum Gasteiger partial charge on any atom is 0.230 e. The maximum absolute atomic E-state index is 12.3. The summed E-state index contributed by atoms with van der Waals surface area (Å²) in [6.45, 7) is 2.28. The molecule has 0 saturated carbocycles. The highest BCUT2D eigenvalue weighted by Gasteiger charge is 2.14. The molecule has 0 radical (unpaired) electrons. The van der Waals surface area contributed by atoms with Crippen molar-refractivity contribution in [3.8, 4) is 5.75 Å². The molecule has 1 heterocycles. The van der Waals surface area contributed by atoms with Gasteiger partial charge < -0.3 is 14.6 Å². The van der Waals surface area contributed by atoms with Crippen LogP contribution in [0.3, 0.4) is 0 Å². The molecule has 1 atom stereocenters. The van der Waals surface area contributed by atoms with Crippen molar-refractivity contribution in [1.82, 2.24) is 20.1 Å². The number of hydrogen-bond donors (Lipinski definition) is 1. The number of nitrogens with zero attached hydrogens (tertiary/aromatic N) is 3. The molecule has 4 rings (SSSR count). The van der Waals surface area contributed by atoms with Gasteiger partial charge in [-0.25, -0.2) is 0 Å². The van der Waals surface area contributed by atoms with Gasteiger partial charge in [-0.3, -0.25) is 4.79 Å². The zero-order chi connectivity index (χ0) is 21.6. The van der Waals surface area contributed by atoms with Crippen LogP contribution in [0.4, 0.5) is 0 Å². The SMILES string of the molecule is C[C@H](NC(=O)CSc1nnc(COc2cccc3ccccc23)n1C)c1ccccc1. The molecule has 3 aromatic carbocycles. The highest BCUT2D eigenvalue weighted by Crippen LogP contribution is 2.26. The van der Waals surface area contributed by atoms with Gasteiger partial charge in [0, 0.05) is 12.4 Å². The highest BCUT2D eigenvalue weighted by atomic mass is 32.2. The minimum Gasteiger partial charge on any atom is -0.485 e. The van der Waals surface area contributed by atoms with E-state index in [1.807, 2.05) is 79.2 Å². The normalized spacial score (nSPS) is 11.9. The molecule has 0 saturated heterocycles. The molecule has 0 aliphatic carbocycles. The summed E-state index contributed by atoms with van der Waals surface area (Å²) in [4.78, 5) is 12.3. The Bertz CT molecular complexity index is 1170. The van der Waals surface area contributed by atoms with Gasteiger partial charge in [0.25, 0.3) is 0 Å². The fraction of sp³-hybridized carbons (Fsp3) is 0.208. The second kappa shape index (κ2) is 9.66. The first-order valence-corrected chi connectivity index (χ1v) is 11.1. The average molecular weight is 433 g/mol. The van der Waals surface area contributed by atoms with Gasteiger partial charge in [0.2, 0.25) is 5.91 Å². The molecule has 0 unspecified atom stereocenters. The zero-order valence-electron chi connectivity index (χ0n) is 17.5. The lowest BCUT2D eigenvalue weighted by molar-refractivity contribution is -0.119. The maximum atomic E-state index is 12.3. The number of rotatable bonds is 8. The number of hydrogen-bond acceptors (Lipinski definition) is 5. The van der Waals surface area contributed by atoms with Crippen molar-refractivity contribution in [1.29, 1.82) is 0 Å². The van der Waals surface area contributed by atoms with Crippen molar-refractivity contribution in [2.75, 3.05) is 5.75 Å². The van der Waals surface area contributed by atoms with Crippen LogP contribution in [0.1, 0.15) is 24.4 Å². The number of carbonyl (C=O) groups is 1. The number of amides is 1. The van der Waals surface area contributed by atoms with Crippen molar-refractivity contribution >= 4 is 28.4 Å². The highest BCUT2D eigenvalue weighted by molar-refractivity contribution is 7.99. The van der Waals surface area contributed by atoms with Crippen molar-refractivity contribution < 1.29 is 9.53 Å². The van der Waals surface area contributed by atoms with E-state index in [4.69, 9.17) is 4.74 Å². The summed E-state index contributed by atoms with van der Waals surface area (Å²) in [6, 6.07) is 23.9. The van der Waals surface area contributed by atoms with Crippen LogP contribution in [0.5, 0.6) is 5.75 Å². The van der Waals surface area contributed by atoms with Crippen LogP contribution in [0, 0.1) is 0 Å². The lowest BCUT2D eigenvalue weighted by Gasteiger charge is -2.14. The van der Waals surface area contributed by atoms with Crippen LogP contribution in [0.15, 0.2) is 78.0 Å². The molecular weight excluding hydrogens is 408 g/mol. The third-order valence-electron chi connectivity index (χ3n) is 5.04. The summed E-state index contributed by atoms with van der Waals surface area (Å²) in [5.74, 6) is 1.74. The summed E-state index contributed by atoms with van der Waals surface area (Å²) in [5, 5.41) is 14.3. The van der Waals surface area contributed by atoms with E-state index in [0.29, 0.717) is 17.6 Å². The largest absolute Gasteiger partial charge is 0.485 e. The Morgan fingerprint density at radius 1 is 1.03 bits per heavy atom. The molecule has 0 spiro atoms. The molecule has 0 bridgehead atoms. The molecule has 7 heteroatoms. The quantitative estimate of drug-likeness (QED) is 0.415. The van der Waals surface area contributed by atoms with E-state index in [2.05, 4.69) is 27.6 Å². The van der Waals surface area contributed by atoms with Crippen molar-refractivity contribution in [3.05, 3.63) is 84.2 Å². The molecule has 0 aliphatic heterocycles. The smallest absolute Gasteiger partial charge is 0.230 e. The topological polar surface area (TPSA) is 69.0 Å². The van der Waals surface area contributed by atoms with Gasteiger partial charge in [-0.15, -0.1) is 10.2 Å². The van der Waals surface area contributed by atoms with Crippen LogP contribution in [0.2, 0.25) is 0 Å². The summed E-state index contributed by atoms with van der Waals surface area (Å²) >= 11 is 1.36. The second-order valence-corrected chi connectivity index (χ2v) is 8.15. The first-order chi connectivity index (χ1) is 15.1. The van der Waals surface area contributed by atoms with Crippen molar-refractivity contribution in [2.45, 2.75) is 24.7 Å². The summed E-state index contributed by atoms with van der Waals surface area (Å²) in [7, 11) is 1.88. The second-order valence-electron chi connectivity index (χ2n) is 7.21. The molecule has 31 heavy (non-hydrogen) atoms. The predicted molar refractivity (Wildman–Crippen MR) is 123 cm³/mol. The molecule has 1 N–H and O–H groups in total. The lowest BCUT2D eigenvalue weighted by atomic mass is 10.1. The molecule has 0 aliphatic rings. The summed E-state index contributed by atoms with van der Waals surface area (Å²) in [5.41, 5.74) is 1.08. The molecule has 1 amide bonds. The van der Waals surface area contributed by atoms with Crippen LogP contribution >= 0.6 is 11.8 Å². The minimum absolute atomic E-state index is 0.0431. The van der Waals surface area contributed by atoms with E-state index in [1.165, 1.54) is 11.8 Å². The van der Waals surface area contributed by atoms with Crippen LogP contribution in [-0.4, -0.2) is 26.4 Å². The standard InChI is InChI=1S/C24H24N4O2S/c1-17(18-9-4-3-5-10-18)25-23(29)16-31-24-27-26-22(28(24)2)15-30-21-14-8-12-19-11-6-7-13-20(19)21/h3-14,17H,15-16H2,1-2H3,(H,25,29)/t17-/m0/s1. The van der Waals surface area contributed by atoms with E-state index in [1.54, 1.807) is 0 Å². The Morgan fingerprint density at radius 2 is 1.77 bits per heavy atom. The number of carbonyl (C=O) groups excluding carboxylic acids is 1. The monoisotopic (exact) mass is 432 g/mol. The average Bonchev–Trinajstić information content (AvgIpc) is 3.16. The Balaban J connectivity index is 1.33. The number of benzene rings is 3. The Labute approximate surface area is 185 Å². The number of nitrogens with one attached hydrogen (secondary N) is 1. The third kappa shape index (κ3) is 5.06. The fourth-order valence-corrected chi connectivity index (χ4v) is 4.04. The van der Waals surface area contributed by atoms with E-state index in [-0.39, 0.29) is 17.7 Å². The Morgan fingerprint density at radius 3 is 2.61 bits per heavy atom. The Kier molecular flexibility index (Phi) is 6.52. The van der Waals surface area contributed by atoms with Gasteiger partial charge in [0.1, 0.15) is 12.4 Å². The van der Waals surface area contributed by atoms with Crippen LogP contribution < -0.4 is 10.1 Å². The Hall–Kier alpha value is -3.32.